The number of carbonyl (C=O) groups excluding carboxylic acids is 2. The Balaban J connectivity index is 1.71. The first kappa shape index (κ1) is 21.3. The monoisotopic (exact) mass is 421 g/mol. The minimum atomic E-state index is -0.294. The van der Waals surface area contributed by atoms with Gasteiger partial charge in [0, 0.05) is 23.2 Å². The number of ether oxygens (including phenoxy) is 1. The number of anilines is 2. The molecule has 3 N–H and O–H groups in total. The van der Waals surface area contributed by atoms with Crippen molar-refractivity contribution in [3.05, 3.63) is 66.2 Å². The molecule has 0 aliphatic heterocycles. The summed E-state index contributed by atoms with van der Waals surface area (Å²) in [5.74, 6) is -0.0643. The van der Waals surface area contributed by atoms with Crippen LogP contribution in [0.1, 0.15) is 24.2 Å². The SMILES string of the molecule is COc1cc(NC(=S)NC(=O)c2cccc3ccccc23)ccc1NC(=O)C(C)C. The molecule has 2 amide bonds. The maximum atomic E-state index is 12.7. The van der Waals surface area contributed by atoms with Gasteiger partial charge in [-0.2, -0.15) is 0 Å². The van der Waals surface area contributed by atoms with Gasteiger partial charge in [-0.3, -0.25) is 14.9 Å². The summed E-state index contributed by atoms with van der Waals surface area (Å²) in [6.07, 6.45) is 0. The van der Waals surface area contributed by atoms with Crippen molar-refractivity contribution in [1.29, 1.82) is 0 Å². The fourth-order valence-corrected chi connectivity index (χ4v) is 3.12. The number of nitrogens with one attached hydrogen (secondary N) is 3. The summed E-state index contributed by atoms with van der Waals surface area (Å²) < 4.78 is 5.36. The number of rotatable bonds is 5. The molecule has 3 aromatic carbocycles. The van der Waals surface area contributed by atoms with Crippen LogP contribution in [0.4, 0.5) is 11.4 Å². The number of benzene rings is 3. The third-order valence-electron chi connectivity index (χ3n) is 4.50. The summed E-state index contributed by atoms with van der Waals surface area (Å²) in [5.41, 5.74) is 1.73. The van der Waals surface area contributed by atoms with Crippen LogP contribution < -0.4 is 20.7 Å². The van der Waals surface area contributed by atoms with E-state index in [1.165, 1.54) is 7.11 Å². The normalized spacial score (nSPS) is 10.5. The Morgan fingerprint density at radius 2 is 1.70 bits per heavy atom. The molecule has 0 saturated carbocycles. The van der Waals surface area contributed by atoms with Crippen LogP contribution in [-0.4, -0.2) is 24.0 Å². The largest absolute Gasteiger partial charge is 0.494 e. The van der Waals surface area contributed by atoms with E-state index in [0.29, 0.717) is 22.7 Å². The molecule has 154 valence electrons. The average Bonchev–Trinajstić information content (AvgIpc) is 2.74. The molecule has 30 heavy (non-hydrogen) atoms. The van der Waals surface area contributed by atoms with E-state index in [-0.39, 0.29) is 22.8 Å². The van der Waals surface area contributed by atoms with Gasteiger partial charge < -0.3 is 15.4 Å². The van der Waals surface area contributed by atoms with Crippen molar-refractivity contribution in [2.75, 3.05) is 17.7 Å². The van der Waals surface area contributed by atoms with E-state index in [0.717, 1.165) is 10.8 Å². The van der Waals surface area contributed by atoms with Crippen molar-refractivity contribution in [2.24, 2.45) is 5.92 Å². The molecule has 0 radical (unpaired) electrons. The number of hydrogen-bond acceptors (Lipinski definition) is 4. The zero-order valence-electron chi connectivity index (χ0n) is 17.0. The van der Waals surface area contributed by atoms with E-state index < -0.39 is 0 Å². The highest BCUT2D eigenvalue weighted by molar-refractivity contribution is 7.80. The predicted molar refractivity (Wildman–Crippen MR) is 124 cm³/mol. The second-order valence-electron chi connectivity index (χ2n) is 6.99. The summed E-state index contributed by atoms with van der Waals surface area (Å²) in [6, 6.07) is 18.4. The maximum Gasteiger partial charge on any atom is 0.258 e. The lowest BCUT2D eigenvalue weighted by Gasteiger charge is -2.15. The third-order valence-corrected chi connectivity index (χ3v) is 4.71. The number of methoxy groups -OCH3 is 1. The lowest BCUT2D eigenvalue weighted by Crippen LogP contribution is -2.34. The fraction of sp³-hybridized carbons (Fsp3) is 0.174. The van der Waals surface area contributed by atoms with Gasteiger partial charge in [-0.1, -0.05) is 50.2 Å². The van der Waals surface area contributed by atoms with Gasteiger partial charge in [-0.15, -0.1) is 0 Å². The van der Waals surface area contributed by atoms with Gasteiger partial charge in [0.1, 0.15) is 5.75 Å². The molecule has 3 aromatic rings. The smallest absolute Gasteiger partial charge is 0.258 e. The first-order chi connectivity index (χ1) is 14.4. The Morgan fingerprint density at radius 3 is 2.43 bits per heavy atom. The highest BCUT2D eigenvalue weighted by Crippen LogP contribution is 2.28. The summed E-state index contributed by atoms with van der Waals surface area (Å²) >= 11 is 5.30. The number of fused-ring (bicyclic) bond motifs is 1. The molecule has 0 bridgehead atoms. The lowest BCUT2D eigenvalue weighted by atomic mass is 10.0. The molecule has 3 rings (SSSR count). The Bertz CT molecular complexity index is 1110. The Morgan fingerprint density at radius 1 is 0.967 bits per heavy atom. The first-order valence-corrected chi connectivity index (χ1v) is 9.89. The zero-order valence-corrected chi connectivity index (χ0v) is 17.8. The number of carbonyl (C=O) groups is 2. The molecular formula is C23H23N3O3S. The van der Waals surface area contributed by atoms with Gasteiger partial charge in [0.15, 0.2) is 5.11 Å². The van der Waals surface area contributed by atoms with Crippen molar-refractivity contribution in [2.45, 2.75) is 13.8 Å². The van der Waals surface area contributed by atoms with Crippen LogP contribution in [0, 0.1) is 5.92 Å². The summed E-state index contributed by atoms with van der Waals surface area (Å²) in [6.45, 7) is 3.63. The molecular weight excluding hydrogens is 398 g/mol. The van der Waals surface area contributed by atoms with Gasteiger partial charge in [0.05, 0.1) is 12.8 Å². The van der Waals surface area contributed by atoms with Gasteiger partial charge >= 0.3 is 0 Å². The van der Waals surface area contributed by atoms with Crippen LogP contribution in [0.3, 0.4) is 0 Å². The highest BCUT2D eigenvalue weighted by Gasteiger charge is 2.14. The molecule has 0 unspecified atom stereocenters. The molecule has 0 aliphatic rings. The molecule has 0 saturated heterocycles. The molecule has 0 spiro atoms. The van der Waals surface area contributed by atoms with Crippen LogP contribution in [0.25, 0.3) is 10.8 Å². The van der Waals surface area contributed by atoms with Gasteiger partial charge in [0.2, 0.25) is 5.91 Å². The number of amides is 2. The van der Waals surface area contributed by atoms with Crippen molar-refractivity contribution >= 4 is 51.3 Å². The third kappa shape index (κ3) is 4.93. The predicted octanol–water partition coefficient (Wildman–Crippen LogP) is 4.57. The summed E-state index contributed by atoms with van der Waals surface area (Å²) in [7, 11) is 1.52. The van der Waals surface area contributed by atoms with Crippen LogP contribution in [-0.2, 0) is 4.79 Å². The van der Waals surface area contributed by atoms with E-state index in [1.54, 1.807) is 24.3 Å². The summed E-state index contributed by atoms with van der Waals surface area (Å²) in [4.78, 5) is 24.7. The van der Waals surface area contributed by atoms with Crippen molar-refractivity contribution < 1.29 is 14.3 Å². The van der Waals surface area contributed by atoms with Crippen LogP contribution in [0.2, 0.25) is 0 Å². The zero-order chi connectivity index (χ0) is 21.7. The summed E-state index contributed by atoms with van der Waals surface area (Å²) in [5, 5.41) is 10.5. The Kier molecular flexibility index (Phi) is 6.64. The second-order valence-corrected chi connectivity index (χ2v) is 7.40. The van der Waals surface area contributed by atoms with Crippen molar-refractivity contribution in [3.63, 3.8) is 0 Å². The Labute approximate surface area is 180 Å². The molecule has 0 aliphatic carbocycles. The molecule has 6 nitrogen and oxygen atoms in total. The van der Waals surface area contributed by atoms with Crippen LogP contribution in [0.15, 0.2) is 60.7 Å². The van der Waals surface area contributed by atoms with E-state index in [1.807, 2.05) is 50.2 Å². The van der Waals surface area contributed by atoms with E-state index in [2.05, 4.69) is 16.0 Å². The average molecular weight is 422 g/mol. The molecule has 0 atom stereocenters. The minimum absolute atomic E-state index is 0.105. The van der Waals surface area contributed by atoms with E-state index in [9.17, 15) is 9.59 Å². The first-order valence-electron chi connectivity index (χ1n) is 9.48. The van der Waals surface area contributed by atoms with Crippen molar-refractivity contribution in [3.8, 4) is 5.75 Å². The van der Waals surface area contributed by atoms with Gasteiger partial charge in [-0.25, -0.2) is 0 Å². The lowest BCUT2D eigenvalue weighted by molar-refractivity contribution is -0.118. The highest BCUT2D eigenvalue weighted by atomic mass is 32.1. The molecule has 0 fully saturated rings. The van der Waals surface area contributed by atoms with Crippen molar-refractivity contribution in [1.82, 2.24) is 5.32 Å². The van der Waals surface area contributed by atoms with Crippen LogP contribution in [0.5, 0.6) is 5.75 Å². The number of thiocarbonyl (C=S) groups is 1. The van der Waals surface area contributed by atoms with Crippen LogP contribution >= 0.6 is 12.2 Å². The fourth-order valence-electron chi connectivity index (χ4n) is 2.91. The minimum Gasteiger partial charge on any atom is -0.494 e. The Hall–Kier alpha value is -3.45. The molecule has 0 aromatic heterocycles. The molecule has 7 heteroatoms. The second kappa shape index (κ2) is 9.37. The standard InChI is InChI=1S/C23H23N3O3S/c1-14(2)21(27)25-19-12-11-16(13-20(19)29-3)24-23(30)26-22(28)18-10-6-8-15-7-4-5-9-17(15)18/h4-14H,1-3H3,(H,25,27)(H2,24,26,28,30). The molecule has 0 heterocycles. The quantitative estimate of drug-likeness (QED) is 0.526. The van der Waals surface area contributed by atoms with E-state index >= 15 is 0 Å². The number of hydrogen-bond donors (Lipinski definition) is 3. The van der Waals surface area contributed by atoms with Gasteiger partial charge in [-0.05, 0) is 41.2 Å². The maximum absolute atomic E-state index is 12.7. The van der Waals surface area contributed by atoms with Gasteiger partial charge in [0.25, 0.3) is 5.91 Å². The van der Waals surface area contributed by atoms with E-state index in [4.69, 9.17) is 17.0 Å². The topological polar surface area (TPSA) is 79.5 Å².